The fourth-order valence-corrected chi connectivity index (χ4v) is 3.00. The highest BCUT2D eigenvalue weighted by atomic mass is 19.1. The van der Waals surface area contributed by atoms with Crippen molar-refractivity contribution in [2.75, 3.05) is 5.32 Å². The topological polar surface area (TPSA) is 78.9 Å². The van der Waals surface area contributed by atoms with E-state index in [-0.39, 0.29) is 11.1 Å². The number of halogens is 1. The van der Waals surface area contributed by atoms with Crippen LogP contribution in [0.25, 0.3) is 22.6 Å². The quantitative estimate of drug-likeness (QED) is 0.514. The molecule has 1 aromatic heterocycles. The molecule has 0 unspecified atom stereocenters. The fraction of sp³-hybridized carbons (Fsp3) is 0.0870. The number of fused-ring (bicyclic) bond motifs is 1. The number of nitrogens with one attached hydrogen (secondary N) is 1. The number of amides is 1. The average Bonchev–Trinajstić information content (AvgIpc) is 3.12. The molecule has 0 radical (unpaired) electrons. The van der Waals surface area contributed by atoms with Crippen LogP contribution in [0.4, 0.5) is 10.1 Å². The van der Waals surface area contributed by atoms with Gasteiger partial charge in [0.1, 0.15) is 11.3 Å². The Bertz CT molecular complexity index is 1300. The maximum absolute atomic E-state index is 14.1. The molecule has 1 N–H and O–H groups in total. The van der Waals surface area contributed by atoms with E-state index in [1.165, 1.54) is 12.1 Å². The molecule has 0 saturated carbocycles. The van der Waals surface area contributed by atoms with Gasteiger partial charge in [-0.3, -0.25) is 4.79 Å². The molecule has 0 aliphatic heterocycles. The summed E-state index contributed by atoms with van der Waals surface area (Å²) in [5, 5.41) is 11.6. The van der Waals surface area contributed by atoms with Crippen LogP contribution in [-0.2, 0) is 0 Å². The summed E-state index contributed by atoms with van der Waals surface area (Å²) >= 11 is 0. The highest BCUT2D eigenvalue weighted by molar-refractivity contribution is 6.05. The number of carbonyl (C=O) groups excluding carboxylic acids is 1. The molecule has 29 heavy (non-hydrogen) atoms. The van der Waals surface area contributed by atoms with Crippen molar-refractivity contribution in [1.82, 2.24) is 4.98 Å². The van der Waals surface area contributed by atoms with Gasteiger partial charge in [-0.1, -0.05) is 12.1 Å². The van der Waals surface area contributed by atoms with Gasteiger partial charge in [0, 0.05) is 11.3 Å². The normalized spacial score (nSPS) is 10.7. The second-order valence-electron chi connectivity index (χ2n) is 6.78. The Hall–Kier alpha value is -3.98. The molecular weight excluding hydrogens is 369 g/mol. The lowest BCUT2D eigenvalue weighted by Crippen LogP contribution is -2.14. The van der Waals surface area contributed by atoms with E-state index in [4.69, 9.17) is 9.68 Å². The molecular formula is C23H16FN3O2. The highest BCUT2D eigenvalue weighted by Crippen LogP contribution is 2.28. The maximum Gasteiger partial charge on any atom is 0.258 e. The van der Waals surface area contributed by atoms with Crippen LogP contribution in [0.15, 0.2) is 59.0 Å². The highest BCUT2D eigenvalue weighted by Gasteiger charge is 2.15. The van der Waals surface area contributed by atoms with Crippen molar-refractivity contribution in [3.8, 4) is 17.5 Å². The lowest BCUT2D eigenvalue weighted by Gasteiger charge is -2.10. The van der Waals surface area contributed by atoms with E-state index >= 15 is 0 Å². The Morgan fingerprint density at radius 1 is 1.10 bits per heavy atom. The third-order valence-electron chi connectivity index (χ3n) is 4.62. The minimum absolute atomic E-state index is 0.133. The second-order valence-corrected chi connectivity index (χ2v) is 6.78. The predicted molar refractivity (Wildman–Crippen MR) is 108 cm³/mol. The molecule has 1 amide bonds. The van der Waals surface area contributed by atoms with Crippen LogP contribution in [0, 0.1) is 31.0 Å². The van der Waals surface area contributed by atoms with E-state index in [0.29, 0.717) is 22.7 Å². The Morgan fingerprint density at radius 3 is 2.69 bits per heavy atom. The summed E-state index contributed by atoms with van der Waals surface area (Å²) in [4.78, 5) is 17.0. The molecule has 0 fully saturated rings. The molecule has 4 rings (SSSR count). The van der Waals surface area contributed by atoms with Crippen molar-refractivity contribution in [2.24, 2.45) is 0 Å². The molecule has 5 nitrogen and oxygen atoms in total. The molecule has 0 atom stereocenters. The second kappa shape index (κ2) is 7.21. The van der Waals surface area contributed by atoms with Gasteiger partial charge in [-0.25, -0.2) is 9.37 Å². The van der Waals surface area contributed by atoms with Crippen LogP contribution in [0.1, 0.15) is 27.0 Å². The molecule has 0 bridgehead atoms. The summed E-state index contributed by atoms with van der Waals surface area (Å²) in [6.07, 6.45) is 0. The Kier molecular flexibility index (Phi) is 4.57. The van der Waals surface area contributed by atoms with Gasteiger partial charge in [0.2, 0.25) is 5.89 Å². The number of carbonyl (C=O) groups is 1. The van der Waals surface area contributed by atoms with Gasteiger partial charge in [0.05, 0.1) is 17.2 Å². The predicted octanol–water partition coefficient (Wildman–Crippen LogP) is 5.37. The average molecular weight is 385 g/mol. The lowest BCUT2D eigenvalue weighted by atomic mass is 10.1. The molecule has 1 heterocycles. The van der Waals surface area contributed by atoms with E-state index in [2.05, 4.69) is 10.3 Å². The Morgan fingerprint density at radius 2 is 1.93 bits per heavy atom. The third kappa shape index (κ3) is 3.58. The van der Waals surface area contributed by atoms with Crippen LogP contribution < -0.4 is 5.32 Å². The first-order chi connectivity index (χ1) is 13.9. The van der Waals surface area contributed by atoms with E-state index in [0.717, 1.165) is 22.7 Å². The van der Waals surface area contributed by atoms with Crippen LogP contribution in [-0.4, -0.2) is 10.9 Å². The summed E-state index contributed by atoms with van der Waals surface area (Å²) in [7, 11) is 0. The van der Waals surface area contributed by atoms with Gasteiger partial charge in [-0.05, 0) is 67.4 Å². The Balaban J connectivity index is 1.66. The van der Waals surface area contributed by atoms with Gasteiger partial charge in [-0.2, -0.15) is 5.26 Å². The van der Waals surface area contributed by atoms with Crippen molar-refractivity contribution in [2.45, 2.75) is 13.8 Å². The van der Waals surface area contributed by atoms with Gasteiger partial charge in [0.15, 0.2) is 5.58 Å². The zero-order valence-electron chi connectivity index (χ0n) is 15.8. The van der Waals surface area contributed by atoms with Gasteiger partial charge >= 0.3 is 0 Å². The summed E-state index contributed by atoms with van der Waals surface area (Å²) in [5.74, 6) is -0.907. The molecule has 0 spiro atoms. The molecule has 0 aliphatic rings. The zero-order valence-corrected chi connectivity index (χ0v) is 15.8. The van der Waals surface area contributed by atoms with Crippen LogP contribution in [0.2, 0.25) is 0 Å². The third-order valence-corrected chi connectivity index (χ3v) is 4.62. The summed E-state index contributed by atoms with van der Waals surface area (Å²) in [5.41, 5.74) is 4.55. The minimum atomic E-state index is -0.746. The summed E-state index contributed by atoms with van der Waals surface area (Å²) in [6, 6.07) is 16.8. The Labute approximate surface area is 166 Å². The first-order valence-corrected chi connectivity index (χ1v) is 8.94. The molecule has 4 aromatic rings. The van der Waals surface area contributed by atoms with E-state index in [9.17, 15) is 9.18 Å². The van der Waals surface area contributed by atoms with Crippen molar-refractivity contribution in [3.63, 3.8) is 0 Å². The smallest absolute Gasteiger partial charge is 0.258 e. The molecule has 142 valence electrons. The van der Waals surface area contributed by atoms with Crippen molar-refractivity contribution in [1.29, 1.82) is 5.26 Å². The van der Waals surface area contributed by atoms with Crippen molar-refractivity contribution >= 4 is 22.7 Å². The monoisotopic (exact) mass is 385 g/mol. The zero-order chi connectivity index (χ0) is 20.5. The summed E-state index contributed by atoms with van der Waals surface area (Å²) in [6.45, 7) is 3.81. The van der Waals surface area contributed by atoms with Crippen LogP contribution in [0.3, 0.4) is 0 Å². The van der Waals surface area contributed by atoms with Gasteiger partial charge in [0.25, 0.3) is 5.91 Å². The van der Waals surface area contributed by atoms with Crippen molar-refractivity contribution < 1.29 is 13.6 Å². The summed E-state index contributed by atoms with van der Waals surface area (Å²) < 4.78 is 20.0. The minimum Gasteiger partial charge on any atom is -0.436 e. The first kappa shape index (κ1) is 18.4. The van der Waals surface area contributed by atoms with Crippen molar-refractivity contribution in [3.05, 3.63) is 82.7 Å². The largest absolute Gasteiger partial charge is 0.436 e. The SMILES string of the molecule is Cc1ccc2nc(-c3ccc(C)c(NC(=O)c4ccc(C#N)cc4F)c3)oc2c1. The standard InChI is InChI=1S/C23H16FN3O2/c1-13-3-8-19-21(9-13)29-23(27-19)16-6-4-14(2)20(11-16)26-22(28)17-7-5-15(12-25)10-18(17)24/h3-11H,1-2H3,(H,26,28). The number of aryl methyl sites for hydroxylation is 2. The number of hydrogen-bond acceptors (Lipinski definition) is 4. The molecule has 6 heteroatoms. The van der Waals surface area contributed by atoms with Crippen LogP contribution >= 0.6 is 0 Å². The number of benzene rings is 3. The van der Waals surface area contributed by atoms with Gasteiger partial charge in [-0.15, -0.1) is 0 Å². The van der Waals surface area contributed by atoms with Crippen LogP contribution in [0.5, 0.6) is 0 Å². The maximum atomic E-state index is 14.1. The lowest BCUT2D eigenvalue weighted by molar-refractivity contribution is 0.102. The van der Waals surface area contributed by atoms with E-state index in [1.54, 1.807) is 6.07 Å². The fourth-order valence-electron chi connectivity index (χ4n) is 3.00. The molecule has 3 aromatic carbocycles. The number of oxazole rings is 1. The molecule has 0 aliphatic carbocycles. The number of aromatic nitrogens is 1. The van der Waals surface area contributed by atoms with Gasteiger partial charge < -0.3 is 9.73 Å². The number of nitriles is 1. The first-order valence-electron chi connectivity index (χ1n) is 8.94. The number of anilines is 1. The number of hydrogen-bond donors (Lipinski definition) is 1. The number of nitrogens with zero attached hydrogens (tertiary/aromatic N) is 2. The van der Waals surface area contributed by atoms with E-state index < -0.39 is 11.7 Å². The molecule has 0 saturated heterocycles. The number of rotatable bonds is 3. The van der Waals surface area contributed by atoms with E-state index in [1.807, 2.05) is 50.2 Å².